The normalized spacial score (nSPS) is 16.3. The monoisotopic (exact) mass is 313 g/mol. The number of nitrogens with one attached hydrogen (secondary N) is 1. The third-order valence-corrected chi connectivity index (χ3v) is 4.12. The molecular formula is C18H23N3O2. The van der Waals surface area contributed by atoms with Crippen molar-refractivity contribution in [2.24, 2.45) is 0 Å². The number of carbonyl (C=O) groups excluding carboxylic acids is 1. The minimum Gasteiger partial charge on any atom is -0.467 e. The second-order valence-electron chi connectivity index (χ2n) is 5.89. The van der Waals surface area contributed by atoms with Crippen molar-refractivity contribution in [1.29, 1.82) is 0 Å². The second kappa shape index (κ2) is 7.94. The molecule has 1 amide bonds. The zero-order valence-electron chi connectivity index (χ0n) is 13.3. The number of benzene rings is 1. The van der Waals surface area contributed by atoms with Gasteiger partial charge in [0.25, 0.3) is 0 Å². The Labute approximate surface area is 136 Å². The molecule has 1 aromatic heterocycles. The van der Waals surface area contributed by atoms with Gasteiger partial charge in [-0.05, 0) is 17.7 Å². The lowest BCUT2D eigenvalue weighted by Gasteiger charge is -2.34. The van der Waals surface area contributed by atoms with Gasteiger partial charge in [0, 0.05) is 32.7 Å². The Balaban J connectivity index is 1.36. The fourth-order valence-electron chi connectivity index (χ4n) is 2.80. The summed E-state index contributed by atoms with van der Waals surface area (Å²) in [4.78, 5) is 16.6. The highest BCUT2D eigenvalue weighted by molar-refractivity contribution is 5.77. The summed E-state index contributed by atoms with van der Waals surface area (Å²) in [6.07, 6.45) is 1.62. The SMILES string of the molecule is O=C(CN1CCN(Cc2ccccc2)CC1)NCc1ccco1. The molecule has 5 nitrogen and oxygen atoms in total. The van der Waals surface area contributed by atoms with Crippen LogP contribution in [0.3, 0.4) is 0 Å². The number of rotatable bonds is 6. The molecule has 23 heavy (non-hydrogen) atoms. The average molecular weight is 313 g/mol. The fraction of sp³-hybridized carbons (Fsp3) is 0.389. The van der Waals surface area contributed by atoms with E-state index in [1.807, 2.05) is 18.2 Å². The van der Waals surface area contributed by atoms with Crippen molar-refractivity contribution in [2.45, 2.75) is 13.1 Å². The number of hydrogen-bond donors (Lipinski definition) is 1. The molecule has 1 aromatic carbocycles. The molecule has 1 N–H and O–H groups in total. The van der Waals surface area contributed by atoms with Crippen LogP contribution in [0.15, 0.2) is 53.1 Å². The molecule has 0 aliphatic carbocycles. The van der Waals surface area contributed by atoms with Crippen LogP contribution in [0.5, 0.6) is 0 Å². The van der Waals surface area contributed by atoms with Crippen LogP contribution < -0.4 is 5.32 Å². The van der Waals surface area contributed by atoms with Crippen molar-refractivity contribution in [3.8, 4) is 0 Å². The fourth-order valence-corrected chi connectivity index (χ4v) is 2.80. The first-order valence-corrected chi connectivity index (χ1v) is 8.07. The first kappa shape index (κ1) is 15.8. The van der Waals surface area contributed by atoms with E-state index in [2.05, 4.69) is 39.4 Å². The zero-order valence-corrected chi connectivity index (χ0v) is 13.3. The first-order chi connectivity index (χ1) is 11.3. The number of carbonyl (C=O) groups is 1. The van der Waals surface area contributed by atoms with Crippen LogP contribution >= 0.6 is 0 Å². The van der Waals surface area contributed by atoms with Gasteiger partial charge >= 0.3 is 0 Å². The van der Waals surface area contributed by atoms with Crippen molar-refractivity contribution < 1.29 is 9.21 Å². The van der Waals surface area contributed by atoms with Crippen molar-refractivity contribution in [3.63, 3.8) is 0 Å². The van der Waals surface area contributed by atoms with E-state index in [0.29, 0.717) is 13.1 Å². The standard InChI is InChI=1S/C18H23N3O2/c22-18(19-13-17-7-4-12-23-17)15-21-10-8-20(9-11-21)14-16-5-2-1-3-6-16/h1-7,12H,8-11,13-15H2,(H,19,22). The van der Waals surface area contributed by atoms with Crippen molar-refractivity contribution >= 4 is 5.91 Å². The molecular weight excluding hydrogens is 290 g/mol. The molecule has 0 atom stereocenters. The molecule has 122 valence electrons. The van der Waals surface area contributed by atoms with E-state index in [-0.39, 0.29) is 5.91 Å². The Morgan fingerprint density at radius 3 is 2.43 bits per heavy atom. The molecule has 3 rings (SSSR count). The number of piperazine rings is 1. The number of nitrogens with zero attached hydrogens (tertiary/aromatic N) is 2. The summed E-state index contributed by atoms with van der Waals surface area (Å²) in [5.74, 6) is 0.837. The molecule has 0 spiro atoms. The molecule has 1 aliphatic heterocycles. The van der Waals surface area contributed by atoms with E-state index in [1.54, 1.807) is 6.26 Å². The maximum atomic E-state index is 12.0. The molecule has 1 fully saturated rings. The van der Waals surface area contributed by atoms with Gasteiger partial charge in [-0.15, -0.1) is 0 Å². The predicted octanol–water partition coefficient (Wildman–Crippen LogP) is 1.71. The molecule has 0 saturated carbocycles. The lowest BCUT2D eigenvalue weighted by atomic mass is 10.2. The van der Waals surface area contributed by atoms with Crippen LogP contribution in [0.25, 0.3) is 0 Å². The van der Waals surface area contributed by atoms with Gasteiger partial charge in [0.2, 0.25) is 5.91 Å². The van der Waals surface area contributed by atoms with E-state index in [9.17, 15) is 4.79 Å². The Kier molecular flexibility index (Phi) is 5.45. The average Bonchev–Trinajstić information content (AvgIpc) is 3.09. The van der Waals surface area contributed by atoms with Crippen molar-refractivity contribution in [3.05, 3.63) is 60.1 Å². The quantitative estimate of drug-likeness (QED) is 0.882. The van der Waals surface area contributed by atoms with Crippen LogP contribution in [-0.2, 0) is 17.9 Å². The van der Waals surface area contributed by atoms with Gasteiger partial charge in [-0.3, -0.25) is 14.6 Å². The van der Waals surface area contributed by atoms with Crippen molar-refractivity contribution in [1.82, 2.24) is 15.1 Å². The lowest BCUT2D eigenvalue weighted by molar-refractivity contribution is -0.122. The molecule has 2 aromatic rings. The Morgan fingerprint density at radius 2 is 1.74 bits per heavy atom. The van der Waals surface area contributed by atoms with Gasteiger partial charge in [-0.25, -0.2) is 0 Å². The largest absolute Gasteiger partial charge is 0.467 e. The Hall–Kier alpha value is -2.11. The van der Waals surface area contributed by atoms with Crippen LogP contribution in [0.4, 0.5) is 0 Å². The first-order valence-electron chi connectivity index (χ1n) is 8.07. The Bertz CT molecular complexity index is 590. The highest BCUT2D eigenvalue weighted by atomic mass is 16.3. The zero-order chi connectivity index (χ0) is 15.9. The number of furan rings is 1. The minimum atomic E-state index is 0.0536. The van der Waals surface area contributed by atoms with E-state index in [0.717, 1.165) is 38.5 Å². The topological polar surface area (TPSA) is 48.7 Å². The lowest BCUT2D eigenvalue weighted by Crippen LogP contribution is -2.49. The summed E-state index contributed by atoms with van der Waals surface area (Å²) in [6, 6.07) is 14.2. The third kappa shape index (κ3) is 4.94. The van der Waals surface area contributed by atoms with Gasteiger partial charge in [0.05, 0.1) is 19.4 Å². The highest BCUT2D eigenvalue weighted by Crippen LogP contribution is 2.08. The number of hydrogen-bond acceptors (Lipinski definition) is 4. The van der Waals surface area contributed by atoms with E-state index < -0.39 is 0 Å². The third-order valence-electron chi connectivity index (χ3n) is 4.12. The van der Waals surface area contributed by atoms with Crippen LogP contribution in [0.2, 0.25) is 0 Å². The van der Waals surface area contributed by atoms with Crippen LogP contribution in [0, 0.1) is 0 Å². The summed E-state index contributed by atoms with van der Waals surface area (Å²) in [7, 11) is 0. The second-order valence-corrected chi connectivity index (χ2v) is 5.89. The van der Waals surface area contributed by atoms with Crippen LogP contribution in [0.1, 0.15) is 11.3 Å². The van der Waals surface area contributed by atoms with Gasteiger partial charge in [0.15, 0.2) is 0 Å². The summed E-state index contributed by atoms with van der Waals surface area (Å²) < 4.78 is 5.21. The minimum absolute atomic E-state index is 0.0536. The highest BCUT2D eigenvalue weighted by Gasteiger charge is 2.18. The molecule has 0 unspecified atom stereocenters. The maximum Gasteiger partial charge on any atom is 0.234 e. The van der Waals surface area contributed by atoms with Gasteiger partial charge < -0.3 is 9.73 Å². The molecule has 5 heteroatoms. The maximum absolute atomic E-state index is 12.0. The van der Waals surface area contributed by atoms with E-state index >= 15 is 0 Å². The van der Waals surface area contributed by atoms with Gasteiger partial charge in [-0.2, -0.15) is 0 Å². The summed E-state index contributed by atoms with van der Waals surface area (Å²) in [5, 5.41) is 2.90. The molecule has 0 bridgehead atoms. The summed E-state index contributed by atoms with van der Waals surface area (Å²) in [5.41, 5.74) is 1.34. The predicted molar refractivity (Wildman–Crippen MR) is 88.7 cm³/mol. The molecule has 0 radical (unpaired) electrons. The van der Waals surface area contributed by atoms with E-state index in [1.165, 1.54) is 5.56 Å². The summed E-state index contributed by atoms with van der Waals surface area (Å²) >= 11 is 0. The van der Waals surface area contributed by atoms with Gasteiger partial charge in [0.1, 0.15) is 5.76 Å². The number of amides is 1. The molecule has 1 aliphatic rings. The van der Waals surface area contributed by atoms with Gasteiger partial charge in [-0.1, -0.05) is 30.3 Å². The smallest absolute Gasteiger partial charge is 0.234 e. The summed E-state index contributed by atoms with van der Waals surface area (Å²) in [6.45, 7) is 5.77. The van der Waals surface area contributed by atoms with Crippen LogP contribution in [-0.4, -0.2) is 48.4 Å². The van der Waals surface area contributed by atoms with Crippen molar-refractivity contribution in [2.75, 3.05) is 32.7 Å². The Morgan fingerprint density at radius 1 is 1.00 bits per heavy atom. The van der Waals surface area contributed by atoms with E-state index in [4.69, 9.17) is 4.42 Å². The molecule has 1 saturated heterocycles. The molecule has 2 heterocycles.